The molecule has 0 aliphatic rings. The van der Waals surface area contributed by atoms with Gasteiger partial charge in [-0.2, -0.15) is 0 Å². The second-order valence-electron chi connectivity index (χ2n) is 3.92. The molecule has 0 saturated heterocycles. The van der Waals surface area contributed by atoms with Gasteiger partial charge in [-0.05, 0) is 30.3 Å². The fourth-order valence-electron chi connectivity index (χ4n) is 1.56. The van der Waals surface area contributed by atoms with Gasteiger partial charge in [0.25, 0.3) is 5.91 Å². The molecule has 2 N–H and O–H groups in total. The van der Waals surface area contributed by atoms with E-state index in [0.717, 1.165) is 0 Å². The topological polar surface area (TPSA) is 93.6 Å². The van der Waals surface area contributed by atoms with Crippen molar-refractivity contribution >= 4 is 21.6 Å². The maximum atomic E-state index is 12.0. The third kappa shape index (κ3) is 2.83. The van der Waals surface area contributed by atoms with Gasteiger partial charge in [0.2, 0.25) is 10.0 Å². The van der Waals surface area contributed by atoms with Crippen molar-refractivity contribution in [2.75, 3.05) is 11.9 Å². The molecular formula is C12H12N2O4S. The molecule has 2 aromatic rings. The number of carbonyl (C=O) groups is 1. The van der Waals surface area contributed by atoms with Crippen LogP contribution in [0.1, 0.15) is 10.4 Å². The van der Waals surface area contributed by atoms with E-state index in [1.165, 1.54) is 41.7 Å². The number of amides is 1. The van der Waals surface area contributed by atoms with Crippen LogP contribution in [0.25, 0.3) is 0 Å². The minimum atomic E-state index is -3.73. The van der Waals surface area contributed by atoms with E-state index in [1.54, 1.807) is 13.1 Å². The number of primary sulfonamides is 1. The Bertz CT molecular complexity index is 675. The summed E-state index contributed by atoms with van der Waals surface area (Å²) in [5, 5.41) is 5.00. The molecule has 6 nitrogen and oxygen atoms in total. The van der Waals surface area contributed by atoms with Crippen LogP contribution >= 0.6 is 0 Å². The summed E-state index contributed by atoms with van der Waals surface area (Å²) in [6.45, 7) is 0. The molecule has 0 radical (unpaired) electrons. The van der Waals surface area contributed by atoms with Crippen LogP contribution in [0.15, 0.2) is 52.2 Å². The molecule has 1 amide bonds. The lowest BCUT2D eigenvalue weighted by molar-refractivity contribution is 0.0992. The van der Waals surface area contributed by atoms with Gasteiger partial charge in [-0.1, -0.05) is 0 Å². The molecule has 2 rings (SSSR count). The lowest BCUT2D eigenvalue weighted by atomic mass is 10.2. The van der Waals surface area contributed by atoms with E-state index >= 15 is 0 Å². The molecule has 0 aliphatic heterocycles. The van der Waals surface area contributed by atoms with Crippen LogP contribution < -0.4 is 10.0 Å². The predicted octanol–water partition coefficient (Wildman–Crippen LogP) is 1.20. The first-order valence-corrected chi connectivity index (χ1v) is 6.87. The summed E-state index contributed by atoms with van der Waals surface area (Å²) in [6.07, 6.45) is 2.75. The average Bonchev–Trinajstić information content (AvgIpc) is 2.90. The highest BCUT2D eigenvalue weighted by Crippen LogP contribution is 2.18. The summed E-state index contributed by atoms with van der Waals surface area (Å²) in [7, 11) is -2.14. The van der Waals surface area contributed by atoms with Crippen molar-refractivity contribution in [1.29, 1.82) is 0 Å². The summed E-state index contributed by atoms with van der Waals surface area (Å²) in [6, 6.07) is 7.28. The van der Waals surface area contributed by atoms with Gasteiger partial charge in [0.05, 0.1) is 16.7 Å². The molecule has 0 bridgehead atoms. The zero-order valence-electron chi connectivity index (χ0n) is 10.1. The number of nitrogens with zero attached hydrogens (tertiary/aromatic N) is 1. The Kier molecular flexibility index (Phi) is 3.41. The first-order valence-electron chi connectivity index (χ1n) is 5.33. The molecule has 0 spiro atoms. The Balaban J connectivity index is 2.25. The van der Waals surface area contributed by atoms with Crippen LogP contribution in [-0.2, 0) is 10.0 Å². The van der Waals surface area contributed by atoms with Crippen LogP contribution in [0, 0.1) is 0 Å². The summed E-state index contributed by atoms with van der Waals surface area (Å²) in [4.78, 5) is 13.4. The van der Waals surface area contributed by atoms with Crippen molar-refractivity contribution in [3.8, 4) is 0 Å². The maximum Gasteiger partial charge on any atom is 0.261 e. The van der Waals surface area contributed by atoms with Gasteiger partial charge in [0.1, 0.15) is 6.26 Å². The van der Waals surface area contributed by atoms with Gasteiger partial charge in [0.15, 0.2) is 0 Å². The van der Waals surface area contributed by atoms with Gasteiger partial charge >= 0.3 is 0 Å². The highest BCUT2D eigenvalue weighted by atomic mass is 32.2. The van der Waals surface area contributed by atoms with E-state index in [0.29, 0.717) is 11.3 Å². The van der Waals surface area contributed by atoms with E-state index in [4.69, 9.17) is 9.56 Å². The number of carbonyl (C=O) groups excluding carboxylic acids is 1. The highest BCUT2D eigenvalue weighted by molar-refractivity contribution is 7.89. The Morgan fingerprint density at radius 3 is 2.32 bits per heavy atom. The number of benzene rings is 1. The summed E-state index contributed by atoms with van der Waals surface area (Å²) in [5.41, 5.74) is 0.969. The van der Waals surface area contributed by atoms with Crippen LogP contribution in [0.2, 0.25) is 0 Å². The Labute approximate surface area is 110 Å². The molecular weight excluding hydrogens is 268 g/mol. The molecule has 1 aromatic heterocycles. The van der Waals surface area contributed by atoms with Crippen LogP contribution in [0.4, 0.5) is 5.69 Å². The molecule has 0 fully saturated rings. The van der Waals surface area contributed by atoms with Crippen molar-refractivity contribution < 1.29 is 17.6 Å². The molecule has 0 atom stereocenters. The van der Waals surface area contributed by atoms with Crippen molar-refractivity contribution in [1.82, 2.24) is 0 Å². The van der Waals surface area contributed by atoms with Gasteiger partial charge in [-0.15, -0.1) is 0 Å². The van der Waals surface area contributed by atoms with E-state index in [2.05, 4.69) is 0 Å². The van der Waals surface area contributed by atoms with Crippen LogP contribution in [-0.4, -0.2) is 21.4 Å². The first-order chi connectivity index (χ1) is 8.89. The number of hydrogen-bond acceptors (Lipinski definition) is 4. The van der Waals surface area contributed by atoms with E-state index in [9.17, 15) is 13.2 Å². The number of furan rings is 1. The van der Waals surface area contributed by atoms with E-state index < -0.39 is 10.0 Å². The lowest BCUT2D eigenvalue weighted by Gasteiger charge is -2.16. The third-order valence-corrected chi connectivity index (χ3v) is 3.55. The standard InChI is InChI=1S/C12H12N2O4S/c1-14(12(15)9-6-7-18-8-9)10-2-4-11(5-3-10)19(13,16)17/h2-8H,1H3,(H2,13,16,17). The minimum absolute atomic E-state index is 0.000380. The average molecular weight is 280 g/mol. The molecule has 0 aliphatic carbocycles. The number of nitrogens with two attached hydrogens (primary N) is 1. The van der Waals surface area contributed by atoms with E-state index in [-0.39, 0.29) is 10.8 Å². The second-order valence-corrected chi connectivity index (χ2v) is 5.48. The largest absolute Gasteiger partial charge is 0.472 e. The van der Waals surface area contributed by atoms with Gasteiger partial charge in [-0.3, -0.25) is 4.79 Å². The minimum Gasteiger partial charge on any atom is -0.472 e. The quantitative estimate of drug-likeness (QED) is 0.914. The molecule has 100 valence electrons. The molecule has 0 saturated carbocycles. The van der Waals surface area contributed by atoms with E-state index in [1.807, 2.05) is 0 Å². The van der Waals surface area contributed by atoms with Crippen molar-refractivity contribution in [3.63, 3.8) is 0 Å². The zero-order chi connectivity index (χ0) is 14.0. The molecule has 19 heavy (non-hydrogen) atoms. The highest BCUT2D eigenvalue weighted by Gasteiger charge is 2.15. The van der Waals surface area contributed by atoms with Gasteiger partial charge in [-0.25, -0.2) is 13.6 Å². The smallest absolute Gasteiger partial charge is 0.261 e. The molecule has 7 heteroatoms. The van der Waals surface area contributed by atoms with Crippen molar-refractivity contribution in [2.24, 2.45) is 5.14 Å². The predicted molar refractivity (Wildman–Crippen MR) is 69.3 cm³/mol. The fraction of sp³-hybridized carbons (Fsp3) is 0.0833. The van der Waals surface area contributed by atoms with Crippen LogP contribution in [0.3, 0.4) is 0 Å². The summed E-state index contributed by atoms with van der Waals surface area (Å²) >= 11 is 0. The summed E-state index contributed by atoms with van der Waals surface area (Å²) in [5.74, 6) is -0.253. The number of hydrogen-bond donors (Lipinski definition) is 1. The second kappa shape index (κ2) is 4.87. The number of sulfonamides is 1. The normalized spacial score (nSPS) is 11.3. The van der Waals surface area contributed by atoms with Gasteiger partial charge in [0, 0.05) is 12.7 Å². The Morgan fingerprint density at radius 2 is 1.84 bits per heavy atom. The molecule has 1 aromatic carbocycles. The third-order valence-electron chi connectivity index (χ3n) is 2.63. The Morgan fingerprint density at radius 1 is 1.21 bits per heavy atom. The number of rotatable bonds is 3. The lowest BCUT2D eigenvalue weighted by Crippen LogP contribution is -2.25. The zero-order valence-corrected chi connectivity index (χ0v) is 10.9. The SMILES string of the molecule is CN(C(=O)c1ccoc1)c1ccc(S(N)(=O)=O)cc1. The van der Waals surface area contributed by atoms with Crippen LogP contribution in [0.5, 0.6) is 0 Å². The summed E-state index contributed by atoms with van der Waals surface area (Å²) < 4.78 is 27.1. The maximum absolute atomic E-state index is 12.0. The van der Waals surface area contributed by atoms with Crippen molar-refractivity contribution in [2.45, 2.75) is 4.90 Å². The van der Waals surface area contributed by atoms with Gasteiger partial charge < -0.3 is 9.32 Å². The molecule has 0 unspecified atom stereocenters. The monoisotopic (exact) mass is 280 g/mol. The number of anilines is 1. The molecule has 1 heterocycles. The van der Waals surface area contributed by atoms with Crippen molar-refractivity contribution in [3.05, 3.63) is 48.4 Å². The first kappa shape index (κ1) is 13.3. The Hall–Kier alpha value is -2.12. The fourth-order valence-corrected chi connectivity index (χ4v) is 2.07.